The number of aromatic hydroxyl groups is 3. The third kappa shape index (κ3) is 2.85. The fourth-order valence-electron chi connectivity index (χ4n) is 3.09. The van der Waals surface area contributed by atoms with Crippen LogP contribution in [0.25, 0.3) is 22.4 Å². The van der Waals surface area contributed by atoms with E-state index < -0.39 is 17.2 Å². The van der Waals surface area contributed by atoms with Gasteiger partial charge in [0.15, 0.2) is 17.2 Å². The normalized spacial score (nSPS) is 17.0. The predicted octanol–water partition coefficient (Wildman–Crippen LogP) is 2.91. The summed E-state index contributed by atoms with van der Waals surface area (Å²) in [6, 6.07) is 8.38. The second-order valence-electron chi connectivity index (χ2n) is 6.22. The third-order valence-corrected chi connectivity index (χ3v) is 5.32. The molecule has 138 valence electrons. The van der Waals surface area contributed by atoms with Crippen LogP contribution in [0.4, 0.5) is 4.79 Å². The first-order chi connectivity index (χ1) is 12.8. The number of phenols is 3. The van der Waals surface area contributed by atoms with Crippen molar-refractivity contribution in [2.24, 2.45) is 12.1 Å². The maximum atomic E-state index is 11.4. The van der Waals surface area contributed by atoms with Gasteiger partial charge in [-0.1, -0.05) is 17.8 Å². The number of amides is 1. The van der Waals surface area contributed by atoms with Gasteiger partial charge >= 0.3 is 0 Å². The van der Waals surface area contributed by atoms with Gasteiger partial charge in [0.05, 0.1) is 22.0 Å². The van der Waals surface area contributed by atoms with Crippen molar-refractivity contribution >= 4 is 33.7 Å². The summed E-state index contributed by atoms with van der Waals surface area (Å²) in [5.74, 6) is -0.885. The average Bonchev–Trinajstić information content (AvgIpc) is 2.95. The summed E-state index contributed by atoms with van der Waals surface area (Å²) in [6.07, 6.45) is 0. The topological polar surface area (TPSA) is 120 Å². The lowest BCUT2D eigenvalue weighted by Gasteiger charge is -2.18. The quantitative estimate of drug-likeness (QED) is 0.504. The highest BCUT2D eigenvalue weighted by atomic mass is 32.2. The second-order valence-corrected chi connectivity index (χ2v) is 7.53. The number of fused-ring (bicyclic) bond motifs is 1. The Morgan fingerprint density at radius 1 is 1.11 bits per heavy atom. The lowest BCUT2D eigenvalue weighted by atomic mass is 10.1. The molecule has 8 nitrogen and oxygen atoms in total. The number of hydrogen-bond donors (Lipinski definition) is 4. The molecular formula is C18H16N4O4S. The van der Waals surface area contributed by atoms with E-state index in [4.69, 9.17) is 0 Å². The zero-order chi connectivity index (χ0) is 19.3. The van der Waals surface area contributed by atoms with Crippen LogP contribution in [0.15, 0.2) is 35.4 Å². The molecule has 9 heteroatoms. The Bertz CT molecular complexity index is 1100. The van der Waals surface area contributed by atoms with Gasteiger partial charge in [0.25, 0.3) is 5.24 Å². The largest absolute Gasteiger partial charge is 0.504 e. The maximum Gasteiger partial charge on any atom is 0.299 e. The van der Waals surface area contributed by atoms with Crippen molar-refractivity contribution in [3.05, 3.63) is 35.9 Å². The monoisotopic (exact) mass is 384 g/mol. The number of rotatable bonds is 2. The van der Waals surface area contributed by atoms with Crippen LogP contribution >= 0.6 is 11.8 Å². The highest BCUT2D eigenvalue weighted by Crippen LogP contribution is 2.39. The molecule has 0 aliphatic carbocycles. The number of imidazole rings is 1. The van der Waals surface area contributed by atoms with Gasteiger partial charge in [-0.2, -0.15) is 5.10 Å². The van der Waals surface area contributed by atoms with Crippen molar-refractivity contribution in [3.63, 3.8) is 0 Å². The van der Waals surface area contributed by atoms with Gasteiger partial charge in [-0.15, -0.1) is 0 Å². The molecule has 0 radical (unpaired) electrons. The molecule has 4 N–H and O–H groups in total. The Morgan fingerprint density at radius 2 is 1.81 bits per heavy atom. The number of nitrogens with one attached hydrogen (secondary N) is 1. The fourth-order valence-corrected chi connectivity index (χ4v) is 3.81. The smallest absolute Gasteiger partial charge is 0.299 e. The number of hydrogen-bond acceptors (Lipinski definition) is 7. The Hall–Kier alpha value is -3.20. The summed E-state index contributed by atoms with van der Waals surface area (Å²) < 4.78 is 1.83. The summed E-state index contributed by atoms with van der Waals surface area (Å²) in [5, 5.41) is 33.0. The Kier molecular flexibility index (Phi) is 3.96. The number of carbonyl (C=O) groups excluding carboxylic acids is 1. The van der Waals surface area contributed by atoms with Crippen molar-refractivity contribution in [2.45, 2.75) is 12.2 Å². The van der Waals surface area contributed by atoms with Crippen LogP contribution in [0.3, 0.4) is 0 Å². The van der Waals surface area contributed by atoms with Gasteiger partial charge in [-0.05, 0) is 31.2 Å². The first-order valence-electron chi connectivity index (χ1n) is 8.11. The SMILES string of the molecule is CC1SC(=O)NN=C1c1ccc2c(c1)nc(-c1cc(O)c(O)c(O)c1)n2C. The van der Waals surface area contributed by atoms with Crippen molar-refractivity contribution < 1.29 is 20.1 Å². The molecule has 1 amide bonds. The summed E-state index contributed by atoms with van der Waals surface area (Å²) in [5.41, 5.74) is 6.10. The Balaban J connectivity index is 1.82. The van der Waals surface area contributed by atoms with E-state index in [1.807, 2.05) is 36.7 Å². The van der Waals surface area contributed by atoms with E-state index in [9.17, 15) is 20.1 Å². The van der Waals surface area contributed by atoms with Crippen molar-refractivity contribution in [1.29, 1.82) is 0 Å². The zero-order valence-electron chi connectivity index (χ0n) is 14.5. The Morgan fingerprint density at radius 3 is 2.48 bits per heavy atom. The molecule has 0 bridgehead atoms. The van der Waals surface area contributed by atoms with Crippen LogP contribution in [0, 0.1) is 0 Å². The summed E-state index contributed by atoms with van der Waals surface area (Å²) in [6.45, 7) is 1.91. The second kappa shape index (κ2) is 6.20. The van der Waals surface area contributed by atoms with Crippen molar-refractivity contribution in [3.8, 4) is 28.6 Å². The molecule has 0 fully saturated rings. The van der Waals surface area contributed by atoms with Crippen molar-refractivity contribution in [1.82, 2.24) is 15.0 Å². The van der Waals surface area contributed by atoms with Crippen LogP contribution in [0.1, 0.15) is 12.5 Å². The van der Waals surface area contributed by atoms with Crippen LogP contribution in [0.2, 0.25) is 0 Å². The van der Waals surface area contributed by atoms with Gasteiger partial charge in [0.1, 0.15) is 5.82 Å². The van der Waals surface area contributed by atoms with Gasteiger partial charge < -0.3 is 19.9 Å². The predicted molar refractivity (Wildman–Crippen MR) is 103 cm³/mol. The minimum absolute atomic E-state index is 0.0784. The number of carbonyl (C=O) groups is 1. The highest BCUT2D eigenvalue weighted by Gasteiger charge is 2.23. The summed E-state index contributed by atoms with van der Waals surface area (Å²) in [7, 11) is 1.82. The summed E-state index contributed by atoms with van der Waals surface area (Å²) >= 11 is 1.17. The first kappa shape index (κ1) is 17.2. The summed E-state index contributed by atoms with van der Waals surface area (Å²) in [4.78, 5) is 16.0. The molecule has 3 aromatic rings. The lowest BCUT2D eigenvalue weighted by Crippen LogP contribution is -2.29. The molecule has 2 aromatic carbocycles. The molecule has 1 aliphatic heterocycles. The van der Waals surface area contributed by atoms with Gasteiger partial charge in [0, 0.05) is 18.2 Å². The molecule has 1 atom stereocenters. The minimum atomic E-state index is -0.566. The molecule has 0 saturated carbocycles. The van der Waals surface area contributed by atoms with Crippen molar-refractivity contribution in [2.75, 3.05) is 0 Å². The number of aryl methyl sites for hydroxylation is 1. The molecule has 0 spiro atoms. The van der Waals surface area contributed by atoms with Crippen LogP contribution in [0.5, 0.6) is 17.2 Å². The van der Waals surface area contributed by atoms with E-state index in [0.717, 1.165) is 16.8 Å². The minimum Gasteiger partial charge on any atom is -0.504 e. The van der Waals surface area contributed by atoms with Gasteiger partial charge in [-0.25, -0.2) is 10.4 Å². The Labute approximate surface area is 158 Å². The maximum absolute atomic E-state index is 11.4. The standard InChI is InChI=1S/C18H16N4O4S/c1-8-15(20-21-18(26)27-8)9-3-4-12-11(5-9)19-17(22(12)2)10-6-13(23)16(25)14(24)7-10/h3-8,23-25H,1-2H3,(H,21,26). The average molecular weight is 384 g/mol. The van der Waals surface area contributed by atoms with Gasteiger partial charge in [0.2, 0.25) is 0 Å². The molecule has 1 aromatic heterocycles. The number of thioether (sulfide) groups is 1. The van der Waals surface area contributed by atoms with Crippen LogP contribution < -0.4 is 5.43 Å². The lowest BCUT2D eigenvalue weighted by molar-refractivity contribution is 0.261. The molecule has 4 rings (SSSR count). The highest BCUT2D eigenvalue weighted by molar-refractivity contribution is 8.14. The van der Waals surface area contributed by atoms with Crippen LogP contribution in [-0.4, -0.2) is 41.1 Å². The molecule has 27 heavy (non-hydrogen) atoms. The molecule has 2 heterocycles. The number of hydrazone groups is 1. The molecular weight excluding hydrogens is 368 g/mol. The van der Waals surface area contributed by atoms with E-state index in [1.165, 1.54) is 23.9 Å². The van der Waals surface area contributed by atoms with E-state index in [-0.39, 0.29) is 10.5 Å². The number of aromatic nitrogens is 2. The molecule has 1 unspecified atom stereocenters. The molecule has 1 aliphatic rings. The van der Waals surface area contributed by atoms with E-state index in [2.05, 4.69) is 15.5 Å². The van der Waals surface area contributed by atoms with E-state index in [0.29, 0.717) is 16.9 Å². The zero-order valence-corrected chi connectivity index (χ0v) is 15.3. The van der Waals surface area contributed by atoms with Gasteiger partial charge in [-0.3, -0.25) is 4.79 Å². The first-order valence-corrected chi connectivity index (χ1v) is 8.99. The number of nitrogens with zero attached hydrogens (tertiary/aromatic N) is 3. The number of phenolic OH excluding ortho intramolecular Hbond substituents is 3. The van der Waals surface area contributed by atoms with Crippen LogP contribution in [-0.2, 0) is 7.05 Å². The third-order valence-electron chi connectivity index (χ3n) is 4.44. The number of benzene rings is 2. The van der Waals surface area contributed by atoms with E-state index in [1.54, 1.807) is 0 Å². The van der Waals surface area contributed by atoms with E-state index >= 15 is 0 Å². The molecule has 0 saturated heterocycles. The fraction of sp³-hybridized carbons (Fsp3) is 0.167.